The Labute approximate surface area is 84.0 Å². The second-order valence-electron chi connectivity index (χ2n) is 3.53. The van der Waals surface area contributed by atoms with Gasteiger partial charge in [0.15, 0.2) is 0 Å². The number of pyridine rings is 1. The molecule has 0 amide bonds. The summed E-state index contributed by atoms with van der Waals surface area (Å²) in [6.45, 7) is 2.27. The summed E-state index contributed by atoms with van der Waals surface area (Å²) in [7, 11) is 0. The standard InChI is InChI=1S/C11H13N3/c12-5-3-10-9-11(4-6-13-10)14-7-1-2-8-14/h4,6,9H,1-3,7-8H2. The number of nitrogens with zero attached hydrogens (tertiary/aromatic N) is 3. The van der Waals surface area contributed by atoms with Crippen LogP contribution in [0.15, 0.2) is 18.3 Å². The van der Waals surface area contributed by atoms with Gasteiger partial charge in [0.25, 0.3) is 0 Å². The molecular formula is C11H13N3. The van der Waals surface area contributed by atoms with Crippen molar-refractivity contribution in [1.29, 1.82) is 5.26 Å². The molecule has 1 aromatic rings. The Hall–Kier alpha value is -1.56. The Balaban J connectivity index is 2.17. The summed E-state index contributed by atoms with van der Waals surface area (Å²) in [6, 6.07) is 6.16. The fourth-order valence-electron chi connectivity index (χ4n) is 1.82. The van der Waals surface area contributed by atoms with Crippen LogP contribution in [0.3, 0.4) is 0 Å². The van der Waals surface area contributed by atoms with Gasteiger partial charge >= 0.3 is 0 Å². The molecule has 2 rings (SSSR count). The van der Waals surface area contributed by atoms with Crippen LogP contribution in [0.5, 0.6) is 0 Å². The maximum absolute atomic E-state index is 8.57. The van der Waals surface area contributed by atoms with E-state index in [0.29, 0.717) is 6.42 Å². The van der Waals surface area contributed by atoms with Gasteiger partial charge in [0.05, 0.1) is 18.2 Å². The van der Waals surface area contributed by atoms with Gasteiger partial charge < -0.3 is 4.90 Å². The van der Waals surface area contributed by atoms with Gasteiger partial charge in [-0.05, 0) is 25.0 Å². The van der Waals surface area contributed by atoms with Gasteiger partial charge in [-0.3, -0.25) is 4.98 Å². The summed E-state index contributed by atoms with van der Waals surface area (Å²) in [5, 5.41) is 8.57. The van der Waals surface area contributed by atoms with Crippen molar-refractivity contribution >= 4 is 5.69 Å². The Morgan fingerprint density at radius 1 is 1.43 bits per heavy atom. The second kappa shape index (κ2) is 4.10. The van der Waals surface area contributed by atoms with Gasteiger partial charge in [0, 0.05) is 25.0 Å². The third-order valence-electron chi connectivity index (χ3n) is 2.53. The van der Waals surface area contributed by atoms with E-state index in [2.05, 4.69) is 16.0 Å². The van der Waals surface area contributed by atoms with Gasteiger partial charge in [0.1, 0.15) is 0 Å². The minimum absolute atomic E-state index is 0.404. The third-order valence-corrected chi connectivity index (χ3v) is 2.53. The monoisotopic (exact) mass is 187 g/mol. The first kappa shape index (κ1) is 9.01. The molecular weight excluding hydrogens is 174 g/mol. The van der Waals surface area contributed by atoms with Gasteiger partial charge in [0.2, 0.25) is 0 Å². The Bertz CT molecular complexity index is 348. The van der Waals surface area contributed by atoms with Gasteiger partial charge in [-0.2, -0.15) is 5.26 Å². The molecule has 3 heteroatoms. The van der Waals surface area contributed by atoms with Crippen LogP contribution in [0, 0.1) is 11.3 Å². The number of anilines is 1. The molecule has 3 nitrogen and oxygen atoms in total. The smallest absolute Gasteiger partial charge is 0.0775 e. The van der Waals surface area contributed by atoms with Crippen molar-refractivity contribution in [1.82, 2.24) is 4.98 Å². The quantitative estimate of drug-likeness (QED) is 0.708. The highest BCUT2D eigenvalue weighted by Gasteiger charge is 2.12. The van der Waals surface area contributed by atoms with Crippen LogP contribution < -0.4 is 4.90 Å². The van der Waals surface area contributed by atoms with E-state index in [1.165, 1.54) is 18.5 Å². The topological polar surface area (TPSA) is 39.9 Å². The normalized spacial score (nSPS) is 15.5. The summed E-state index contributed by atoms with van der Waals surface area (Å²) in [6.07, 6.45) is 4.74. The molecule has 0 N–H and O–H groups in total. The van der Waals surface area contributed by atoms with E-state index >= 15 is 0 Å². The van der Waals surface area contributed by atoms with Crippen molar-refractivity contribution in [2.75, 3.05) is 18.0 Å². The number of aromatic nitrogens is 1. The predicted molar refractivity (Wildman–Crippen MR) is 55.0 cm³/mol. The molecule has 2 heterocycles. The zero-order valence-electron chi connectivity index (χ0n) is 8.11. The Morgan fingerprint density at radius 2 is 2.21 bits per heavy atom. The molecule has 1 saturated heterocycles. The lowest BCUT2D eigenvalue weighted by molar-refractivity contribution is 0.949. The number of nitriles is 1. The predicted octanol–water partition coefficient (Wildman–Crippen LogP) is 1.75. The summed E-state index contributed by atoms with van der Waals surface area (Å²) in [5.74, 6) is 0. The molecule has 0 saturated carbocycles. The van der Waals surface area contributed by atoms with Gasteiger partial charge in [-0.25, -0.2) is 0 Å². The third kappa shape index (κ3) is 1.85. The zero-order chi connectivity index (χ0) is 9.80. The van der Waals surface area contributed by atoms with E-state index in [4.69, 9.17) is 5.26 Å². The van der Waals surface area contributed by atoms with Crippen LogP contribution in [-0.4, -0.2) is 18.1 Å². The summed E-state index contributed by atoms with van der Waals surface area (Å²) in [5.41, 5.74) is 2.08. The van der Waals surface area contributed by atoms with E-state index in [-0.39, 0.29) is 0 Å². The molecule has 1 aliphatic rings. The average Bonchev–Trinajstić information content (AvgIpc) is 2.71. The molecule has 0 aliphatic carbocycles. The maximum Gasteiger partial charge on any atom is 0.0775 e. The summed E-state index contributed by atoms with van der Waals surface area (Å²) >= 11 is 0. The SMILES string of the molecule is N#CCc1cc(N2CCCC2)ccn1. The fourth-order valence-corrected chi connectivity index (χ4v) is 1.82. The summed E-state index contributed by atoms with van der Waals surface area (Å²) in [4.78, 5) is 6.50. The van der Waals surface area contributed by atoms with Gasteiger partial charge in [-0.1, -0.05) is 0 Å². The number of rotatable bonds is 2. The van der Waals surface area contributed by atoms with Crippen LogP contribution in [0.2, 0.25) is 0 Å². The van der Waals surface area contributed by atoms with Crippen LogP contribution in [0.1, 0.15) is 18.5 Å². The van der Waals surface area contributed by atoms with Crippen molar-refractivity contribution in [3.05, 3.63) is 24.0 Å². The molecule has 0 radical (unpaired) electrons. The summed E-state index contributed by atoms with van der Waals surface area (Å²) < 4.78 is 0. The Kier molecular flexibility index (Phi) is 2.64. The highest BCUT2D eigenvalue weighted by molar-refractivity contribution is 5.47. The Morgan fingerprint density at radius 3 is 2.93 bits per heavy atom. The first-order valence-electron chi connectivity index (χ1n) is 4.97. The second-order valence-corrected chi connectivity index (χ2v) is 3.53. The molecule has 0 spiro atoms. The average molecular weight is 187 g/mol. The van der Waals surface area contributed by atoms with Crippen molar-refractivity contribution in [3.63, 3.8) is 0 Å². The molecule has 72 valence electrons. The minimum Gasteiger partial charge on any atom is -0.371 e. The van der Waals surface area contributed by atoms with Crippen LogP contribution in [0.4, 0.5) is 5.69 Å². The molecule has 1 fully saturated rings. The van der Waals surface area contributed by atoms with E-state index < -0.39 is 0 Å². The number of hydrogen-bond donors (Lipinski definition) is 0. The molecule has 0 unspecified atom stereocenters. The molecule has 0 aromatic carbocycles. The largest absolute Gasteiger partial charge is 0.371 e. The van der Waals surface area contributed by atoms with E-state index in [9.17, 15) is 0 Å². The van der Waals surface area contributed by atoms with Crippen LogP contribution >= 0.6 is 0 Å². The van der Waals surface area contributed by atoms with E-state index in [0.717, 1.165) is 18.8 Å². The first-order valence-corrected chi connectivity index (χ1v) is 4.97. The lowest BCUT2D eigenvalue weighted by Gasteiger charge is -2.17. The van der Waals surface area contributed by atoms with Gasteiger partial charge in [-0.15, -0.1) is 0 Å². The molecule has 0 bridgehead atoms. The first-order chi connectivity index (χ1) is 6.90. The van der Waals surface area contributed by atoms with Crippen molar-refractivity contribution in [2.45, 2.75) is 19.3 Å². The highest BCUT2D eigenvalue weighted by atomic mass is 15.1. The van der Waals surface area contributed by atoms with Crippen LogP contribution in [0.25, 0.3) is 0 Å². The van der Waals surface area contributed by atoms with Crippen molar-refractivity contribution in [3.8, 4) is 6.07 Å². The van der Waals surface area contributed by atoms with E-state index in [1.807, 2.05) is 12.1 Å². The van der Waals surface area contributed by atoms with E-state index in [1.54, 1.807) is 6.20 Å². The number of hydrogen-bond acceptors (Lipinski definition) is 3. The molecule has 1 aliphatic heterocycles. The molecule has 14 heavy (non-hydrogen) atoms. The highest BCUT2D eigenvalue weighted by Crippen LogP contribution is 2.19. The fraction of sp³-hybridized carbons (Fsp3) is 0.455. The van der Waals surface area contributed by atoms with Crippen molar-refractivity contribution < 1.29 is 0 Å². The lowest BCUT2D eigenvalue weighted by atomic mass is 10.2. The molecule has 1 aromatic heterocycles. The minimum atomic E-state index is 0.404. The maximum atomic E-state index is 8.57. The van der Waals surface area contributed by atoms with Crippen molar-refractivity contribution in [2.24, 2.45) is 0 Å². The zero-order valence-corrected chi connectivity index (χ0v) is 8.11. The van der Waals surface area contributed by atoms with Crippen LogP contribution in [-0.2, 0) is 6.42 Å². The lowest BCUT2D eigenvalue weighted by Crippen LogP contribution is -2.17. The molecule has 0 atom stereocenters.